The van der Waals surface area contributed by atoms with Crippen LogP contribution < -0.4 is 11.1 Å². The minimum atomic E-state index is 0.808. The van der Waals surface area contributed by atoms with Gasteiger partial charge in [0.25, 0.3) is 0 Å². The van der Waals surface area contributed by atoms with Crippen molar-refractivity contribution in [2.75, 3.05) is 17.6 Å². The van der Waals surface area contributed by atoms with Crippen molar-refractivity contribution in [2.24, 2.45) is 0 Å². The molecule has 1 heterocycles. The van der Waals surface area contributed by atoms with Crippen LogP contribution in [0.5, 0.6) is 0 Å². The summed E-state index contributed by atoms with van der Waals surface area (Å²) in [4.78, 5) is 0. The summed E-state index contributed by atoms with van der Waals surface area (Å²) >= 11 is 3.48. The molecule has 0 radical (unpaired) electrons. The predicted molar refractivity (Wildman–Crippen MR) is 55.4 cm³/mol. The Balaban J connectivity index is 2.54. The van der Waals surface area contributed by atoms with Gasteiger partial charge >= 0.3 is 0 Å². The minimum Gasteiger partial charge on any atom is -0.398 e. The van der Waals surface area contributed by atoms with Gasteiger partial charge in [-0.1, -0.05) is 6.07 Å². The van der Waals surface area contributed by atoms with Crippen molar-refractivity contribution in [3.8, 4) is 0 Å². The maximum atomic E-state index is 5.76. The lowest BCUT2D eigenvalue weighted by molar-refractivity contribution is 0.829. The van der Waals surface area contributed by atoms with Gasteiger partial charge in [0.05, 0.1) is 10.2 Å². The zero-order valence-electron chi connectivity index (χ0n) is 6.73. The van der Waals surface area contributed by atoms with Crippen molar-refractivity contribution in [3.05, 3.63) is 22.2 Å². The first-order chi connectivity index (χ1) is 5.79. The van der Waals surface area contributed by atoms with Crippen LogP contribution in [0.25, 0.3) is 0 Å². The number of benzene rings is 1. The van der Waals surface area contributed by atoms with Gasteiger partial charge < -0.3 is 11.1 Å². The third-order valence-electron chi connectivity index (χ3n) is 2.18. The molecule has 1 aliphatic heterocycles. The molecule has 2 rings (SSSR count). The predicted octanol–water partition coefficient (Wildman–Crippen LogP) is 2.39. The smallest absolute Gasteiger partial charge is 0.0639 e. The van der Waals surface area contributed by atoms with Gasteiger partial charge in [0.1, 0.15) is 0 Å². The van der Waals surface area contributed by atoms with Crippen LogP contribution in [0, 0.1) is 0 Å². The summed E-state index contributed by atoms with van der Waals surface area (Å²) < 4.78 is 1.01. The molecule has 1 aromatic rings. The third-order valence-corrected chi connectivity index (χ3v) is 3.04. The van der Waals surface area contributed by atoms with Crippen LogP contribution in [-0.4, -0.2) is 6.54 Å². The molecule has 0 amide bonds. The largest absolute Gasteiger partial charge is 0.398 e. The normalized spacial score (nSPS) is 15.1. The van der Waals surface area contributed by atoms with E-state index in [1.807, 2.05) is 6.07 Å². The molecular formula is C9H11BrN2. The number of rotatable bonds is 0. The van der Waals surface area contributed by atoms with Gasteiger partial charge in [0.15, 0.2) is 0 Å². The monoisotopic (exact) mass is 226 g/mol. The number of hydrogen-bond acceptors (Lipinski definition) is 2. The zero-order chi connectivity index (χ0) is 8.55. The lowest BCUT2D eigenvalue weighted by atomic mass is 10.0. The Morgan fingerprint density at radius 2 is 2.25 bits per heavy atom. The second-order valence-corrected chi connectivity index (χ2v) is 3.83. The van der Waals surface area contributed by atoms with E-state index in [0.717, 1.165) is 23.1 Å². The molecule has 2 nitrogen and oxygen atoms in total. The fourth-order valence-corrected chi connectivity index (χ4v) is 2.05. The number of fused-ring (bicyclic) bond motifs is 1. The number of hydrogen-bond donors (Lipinski definition) is 2. The first kappa shape index (κ1) is 7.92. The van der Waals surface area contributed by atoms with Gasteiger partial charge in [-0.05, 0) is 40.4 Å². The summed E-state index contributed by atoms with van der Waals surface area (Å²) in [6.45, 7) is 1.05. The van der Waals surface area contributed by atoms with Gasteiger partial charge in [0.2, 0.25) is 0 Å². The number of nitrogens with two attached hydrogens (primary N) is 1. The maximum absolute atomic E-state index is 5.76. The molecule has 1 aliphatic rings. The highest BCUT2D eigenvalue weighted by molar-refractivity contribution is 9.10. The molecule has 0 fully saturated rings. The third kappa shape index (κ3) is 1.18. The highest BCUT2D eigenvalue weighted by Gasteiger charge is 2.12. The van der Waals surface area contributed by atoms with E-state index in [0.29, 0.717) is 0 Å². The fourth-order valence-electron chi connectivity index (χ4n) is 1.52. The Labute approximate surface area is 80.3 Å². The van der Waals surface area contributed by atoms with Crippen molar-refractivity contribution in [1.29, 1.82) is 0 Å². The Morgan fingerprint density at radius 3 is 3.08 bits per heavy atom. The van der Waals surface area contributed by atoms with Crippen LogP contribution in [0.1, 0.15) is 12.0 Å². The van der Waals surface area contributed by atoms with Crippen LogP contribution in [-0.2, 0) is 6.42 Å². The van der Waals surface area contributed by atoms with Gasteiger partial charge in [0, 0.05) is 12.2 Å². The molecular weight excluding hydrogens is 216 g/mol. The lowest BCUT2D eigenvalue weighted by Gasteiger charge is -2.19. The van der Waals surface area contributed by atoms with Crippen molar-refractivity contribution in [1.82, 2.24) is 0 Å². The lowest BCUT2D eigenvalue weighted by Crippen LogP contribution is -2.12. The second-order valence-electron chi connectivity index (χ2n) is 3.03. The van der Waals surface area contributed by atoms with Crippen LogP contribution in [0.2, 0.25) is 0 Å². The Kier molecular flexibility index (Phi) is 1.97. The highest BCUT2D eigenvalue weighted by atomic mass is 79.9. The molecule has 0 unspecified atom stereocenters. The molecule has 12 heavy (non-hydrogen) atoms. The number of nitrogens with one attached hydrogen (secondary N) is 1. The van der Waals surface area contributed by atoms with Crippen molar-refractivity contribution in [3.63, 3.8) is 0 Å². The molecule has 0 bridgehead atoms. The van der Waals surface area contributed by atoms with E-state index in [4.69, 9.17) is 5.73 Å². The Bertz CT molecular complexity index is 310. The number of nitrogen functional groups attached to an aromatic ring is 1. The second kappa shape index (κ2) is 2.98. The van der Waals surface area contributed by atoms with Crippen molar-refractivity contribution in [2.45, 2.75) is 12.8 Å². The first-order valence-electron chi connectivity index (χ1n) is 4.10. The molecule has 3 heteroatoms. The van der Waals surface area contributed by atoms with Gasteiger partial charge in [-0.25, -0.2) is 0 Å². The minimum absolute atomic E-state index is 0.808. The number of aryl methyl sites for hydroxylation is 1. The topological polar surface area (TPSA) is 38.0 Å². The SMILES string of the molecule is Nc1ccc2c(c1Br)NCCC2. The van der Waals surface area contributed by atoms with E-state index in [1.165, 1.54) is 17.7 Å². The van der Waals surface area contributed by atoms with Gasteiger partial charge in [-0.3, -0.25) is 0 Å². The summed E-state index contributed by atoms with van der Waals surface area (Å²) in [5.74, 6) is 0. The maximum Gasteiger partial charge on any atom is 0.0639 e. The molecule has 0 saturated heterocycles. The van der Waals surface area contributed by atoms with Gasteiger partial charge in [-0.15, -0.1) is 0 Å². The molecule has 0 spiro atoms. The van der Waals surface area contributed by atoms with Gasteiger partial charge in [-0.2, -0.15) is 0 Å². The molecule has 0 saturated carbocycles. The molecule has 0 aromatic heterocycles. The van der Waals surface area contributed by atoms with Crippen LogP contribution >= 0.6 is 15.9 Å². The zero-order valence-corrected chi connectivity index (χ0v) is 8.32. The highest BCUT2D eigenvalue weighted by Crippen LogP contribution is 2.34. The molecule has 0 atom stereocenters. The van der Waals surface area contributed by atoms with Crippen molar-refractivity contribution < 1.29 is 0 Å². The average Bonchev–Trinajstić information content (AvgIpc) is 2.12. The first-order valence-corrected chi connectivity index (χ1v) is 4.89. The van der Waals surface area contributed by atoms with Crippen LogP contribution in [0.3, 0.4) is 0 Å². The summed E-state index contributed by atoms with van der Waals surface area (Å²) in [5.41, 5.74) is 9.11. The van der Waals surface area contributed by atoms with E-state index in [9.17, 15) is 0 Å². The average molecular weight is 227 g/mol. The quantitative estimate of drug-likeness (QED) is 0.668. The summed E-state index contributed by atoms with van der Waals surface area (Å²) in [6.07, 6.45) is 2.37. The molecule has 0 aliphatic carbocycles. The van der Waals surface area contributed by atoms with Crippen LogP contribution in [0.4, 0.5) is 11.4 Å². The van der Waals surface area contributed by atoms with Crippen molar-refractivity contribution >= 4 is 27.3 Å². The summed E-state index contributed by atoms with van der Waals surface area (Å²) in [6, 6.07) is 4.05. The van der Waals surface area contributed by atoms with E-state index in [-0.39, 0.29) is 0 Å². The summed E-state index contributed by atoms with van der Waals surface area (Å²) in [5, 5.41) is 3.34. The van der Waals surface area contributed by atoms with Crippen LogP contribution in [0.15, 0.2) is 16.6 Å². The van der Waals surface area contributed by atoms with E-state index >= 15 is 0 Å². The fraction of sp³-hybridized carbons (Fsp3) is 0.333. The number of anilines is 2. The van der Waals surface area contributed by atoms with E-state index < -0.39 is 0 Å². The molecule has 1 aromatic carbocycles. The molecule has 64 valence electrons. The Hall–Kier alpha value is -0.700. The Morgan fingerprint density at radius 1 is 1.42 bits per heavy atom. The van der Waals surface area contributed by atoms with E-state index in [2.05, 4.69) is 27.3 Å². The van der Waals surface area contributed by atoms with E-state index in [1.54, 1.807) is 0 Å². The number of halogens is 1. The standard InChI is InChI=1S/C9H11BrN2/c10-8-7(11)4-3-6-2-1-5-12-9(6)8/h3-4,12H,1-2,5,11H2. The molecule has 3 N–H and O–H groups in total. The summed E-state index contributed by atoms with van der Waals surface area (Å²) in [7, 11) is 0.